The standard InChI is InChI=1S/C15H31NO2/c1-8-18-13(17)15(7,16-11-12(2)3)10-9-14(4,5)6/h12,16H,8-11H2,1-7H3. The fourth-order valence-electron chi connectivity index (χ4n) is 1.61. The first-order chi connectivity index (χ1) is 8.10. The van der Waals surface area contributed by atoms with Crippen LogP contribution in [0.5, 0.6) is 0 Å². The largest absolute Gasteiger partial charge is 0.465 e. The molecule has 0 aromatic carbocycles. The molecule has 3 heteroatoms. The summed E-state index contributed by atoms with van der Waals surface area (Å²) < 4.78 is 5.20. The van der Waals surface area contributed by atoms with Crippen molar-refractivity contribution in [3.8, 4) is 0 Å². The first-order valence-electron chi connectivity index (χ1n) is 7.03. The van der Waals surface area contributed by atoms with E-state index in [2.05, 4.69) is 39.9 Å². The zero-order valence-electron chi connectivity index (χ0n) is 13.2. The Morgan fingerprint density at radius 3 is 2.11 bits per heavy atom. The third-order valence-electron chi connectivity index (χ3n) is 3.00. The minimum Gasteiger partial charge on any atom is -0.465 e. The molecule has 0 aliphatic heterocycles. The molecule has 1 atom stereocenters. The molecule has 108 valence electrons. The molecular formula is C15H31NO2. The van der Waals surface area contributed by atoms with Gasteiger partial charge in [-0.15, -0.1) is 0 Å². The summed E-state index contributed by atoms with van der Waals surface area (Å²) in [4.78, 5) is 12.1. The van der Waals surface area contributed by atoms with Crippen LogP contribution >= 0.6 is 0 Å². The van der Waals surface area contributed by atoms with Gasteiger partial charge in [0.2, 0.25) is 0 Å². The molecule has 1 N–H and O–H groups in total. The molecular weight excluding hydrogens is 226 g/mol. The maximum atomic E-state index is 12.1. The average molecular weight is 257 g/mol. The Labute approximate surface area is 113 Å². The predicted octanol–water partition coefficient (Wildman–Crippen LogP) is 3.38. The average Bonchev–Trinajstić information content (AvgIpc) is 2.23. The van der Waals surface area contributed by atoms with Crippen molar-refractivity contribution in [2.45, 2.75) is 66.8 Å². The third kappa shape index (κ3) is 7.00. The van der Waals surface area contributed by atoms with Crippen LogP contribution in [-0.2, 0) is 9.53 Å². The number of carbonyl (C=O) groups excluding carboxylic acids is 1. The first-order valence-corrected chi connectivity index (χ1v) is 7.03. The fraction of sp³-hybridized carbons (Fsp3) is 0.933. The van der Waals surface area contributed by atoms with E-state index in [4.69, 9.17) is 4.74 Å². The summed E-state index contributed by atoms with van der Waals surface area (Å²) >= 11 is 0. The summed E-state index contributed by atoms with van der Waals surface area (Å²) in [5.74, 6) is 0.392. The van der Waals surface area contributed by atoms with E-state index >= 15 is 0 Å². The molecule has 0 amide bonds. The summed E-state index contributed by atoms with van der Waals surface area (Å²) in [5.41, 5.74) is -0.333. The Morgan fingerprint density at radius 1 is 1.17 bits per heavy atom. The SMILES string of the molecule is CCOC(=O)C(C)(CCC(C)(C)C)NCC(C)C. The Bertz CT molecular complexity index is 256. The second-order valence-corrected chi connectivity index (χ2v) is 6.89. The van der Waals surface area contributed by atoms with Crippen LogP contribution < -0.4 is 5.32 Å². The molecule has 0 aromatic rings. The van der Waals surface area contributed by atoms with E-state index in [-0.39, 0.29) is 11.4 Å². The smallest absolute Gasteiger partial charge is 0.326 e. The van der Waals surface area contributed by atoms with Crippen LogP contribution in [0.15, 0.2) is 0 Å². The normalized spacial score (nSPS) is 15.6. The third-order valence-corrected chi connectivity index (χ3v) is 3.00. The van der Waals surface area contributed by atoms with E-state index < -0.39 is 5.54 Å². The van der Waals surface area contributed by atoms with Crippen LogP contribution in [0.1, 0.15) is 61.3 Å². The Kier molecular flexibility index (Phi) is 6.90. The molecule has 3 nitrogen and oxygen atoms in total. The van der Waals surface area contributed by atoms with Crippen molar-refractivity contribution in [1.29, 1.82) is 0 Å². The van der Waals surface area contributed by atoms with E-state index in [0.29, 0.717) is 12.5 Å². The van der Waals surface area contributed by atoms with Crippen molar-refractivity contribution in [3.63, 3.8) is 0 Å². The number of carbonyl (C=O) groups is 1. The first kappa shape index (κ1) is 17.4. The number of rotatable bonds is 7. The lowest BCUT2D eigenvalue weighted by atomic mass is 9.83. The van der Waals surface area contributed by atoms with Crippen molar-refractivity contribution in [3.05, 3.63) is 0 Å². The molecule has 0 rings (SSSR count). The molecule has 0 saturated heterocycles. The van der Waals surface area contributed by atoms with Gasteiger partial charge in [-0.2, -0.15) is 0 Å². The van der Waals surface area contributed by atoms with Crippen molar-refractivity contribution in [1.82, 2.24) is 5.32 Å². The van der Waals surface area contributed by atoms with E-state index in [0.717, 1.165) is 19.4 Å². The van der Waals surface area contributed by atoms with Gasteiger partial charge in [0.15, 0.2) is 0 Å². The quantitative estimate of drug-likeness (QED) is 0.711. The molecule has 0 bridgehead atoms. The zero-order valence-corrected chi connectivity index (χ0v) is 13.2. The minimum atomic E-state index is -0.562. The number of ether oxygens (including phenoxy) is 1. The lowest BCUT2D eigenvalue weighted by Gasteiger charge is -2.32. The van der Waals surface area contributed by atoms with Gasteiger partial charge in [-0.1, -0.05) is 34.6 Å². The second kappa shape index (κ2) is 7.13. The molecule has 0 aromatic heterocycles. The summed E-state index contributed by atoms with van der Waals surface area (Å²) in [6.45, 7) is 15.9. The number of hydrogen-bond acceptors (Lipinski definition) is 3. The molecule has 1 unspecified atom stereocenters. The van der Waals surface area contributed by atoms with Gasteiger partial charge in [0, 0.05) is 0 Å². The van der Waals surface area contributed by atoms with Crippen LogP contribution in [0.2, 0.25) is 0 Å². The predicted molar refractivity (Wildman–Crippen MR) is 76.6 cm³/mol. The van der Waals surface area contributed by atoms with Crippen molar-refractivity contribution < 1.29 is 9.53 Å². The Hall–Kier alpha value is -0.570. The number of nitrogens with one attached hydrogen (secondary N) is 1. The molecule has 18 heavy (non-hydrogen) atoms. The van der Waals surface area contributed by atoms with E-state index in [1.54, 1.807) is 0 Å². The minimum absolute atomic E-state index is 0.130. The molecule has 0 aliphatic carbocycles. The van der Waals surface area contributed by atoms with Gasteiger partial charge in [0.25, 0.3) is 0 Å². The van der Waals surface area contributed by atoms with Gasteiger partial charge < -0.3 is 10.1 Å². The molecule has 0 aliphatic rings. The Balaban J connectivity index is 4.63. The highest BCUT2D eigenvalue weighted by Gasteiger charge is 2.35. The lowest BCUT2D eigenvalue weighted by molar-refractivity contribution is -0.151. The summed E-state index contributed by atoms with van der Waals surface area (Å²) in [5, 5.41) is 3.38. The molecule has 0 spiro atoms. The molecule has 0 radical (unpaired) electrons. The van der Waals surface area contributed by atoms with Gasteiger partial charge in [0.05, 0.1) is 6.61 Å². The number of esters is 1. The highest BCUT2D eigenvalue weighted by Crippen LogP contribution is 2.26. The highest BCUT2D eigenvalue weighted by molar-refractivity contribution is 5.80. The van der Waals surface area contributed by atoms with E-state index in [1.807, 2.05) is 13.8 Å². The van der Waals surface area contributed by atoms with Gasteiger partial charge in [0.1, 0.15) is 5.54 Å². The summed E-state index contributed by atoms with van der Waals surface area (Å²) in [7, 11) is 0. The van der Waals surface area contributed by atoms with E-state index in [9.17, 15) is 4.79 Å². The molecule has 0 saturated carbocycles. The van der Waals surface area contributed by atoms with Crippen molar-refractivity contribution in [2.75, 3.05) is 13.2 Å². The zero-order chi connectivity index (χ0) is 14.4. The van der Waals surface area contributed by atoms with Crippen LogP contribution in [0.25, 0.3) is 0 Å². The maximum Gasteiger partial charge on any atom is 0.326 e. The molecule has 0 heterocycles. The van der Waals surface area contributed by atoms with Gasteiger partial charge in [-0.25, -0.2) is 0 Å². The lowest BCUT2D eigenvalue weighted by Crippen LogP contribution is -2.52. The van der Waals surface area contributed by atoms with Gasteiger partial charge >= 0.3 is 5.97 Å². The monoisotopic (exact) mass is 257 g/mol. The van der Waals surface area contributed by atoms with E-state index in [1.165, 1.54) is 0 Å². The van der Waals surface area contributed by atoms with Gasteiger partial charge in [-0.05, 0) is 44.6 Å². The fourth-order valence-corrected chi connectivity index (χ4v) is 1.61. The van der Waals surface area contributed by atoms with Crippen molar-refractivity contribution >= 4 is 5.97 Å². The molecule has 0 fully saturated rings. The van der Waals surface area contributed by atoms with Crippen molar-refractivity contribution in [2.24, 2.45) is 11.3 Å². The second-order valence-electron chi connectivity index (χ2n) is 6.89. The number of hydrogen-bond donors (Lipinski definition) is 1. The van der Waals surface area contributed by atoms with Crippen LogP contribution in [0.3, 0.4) is 0 Å². The maximum absolute atomic E-state index is 12.1. The summed E-state index contributed by atoms with van der Waals surface area (Å²) in [6, 6.07) is 0. The van der Waals surface area contributed by atoms with Crippen LogP contribution in [0, 0.1) is 11.3 Å². The van der Waals surface area contributed by atoms with Crippen LogP contribution in [0.4, 0.5) is 0 Å². The van der Waals surface area contributed by atoms with Gasteiger partial charge in [-0.3, -0.25) is 4.79 Å². The highest BCUT2D eigenvalue weighted by atomic mass is 16.5. The topological polar surface area (TPSA) is 38.3 Å². The Morgan fingerprint density at radius 2 is 1.72 bits per heavy atom. The van der Waals surface area contributed by atoms with Crippen LogP contribution in [-0.4, -0.2) is 24.7 Å². The summed E-state index contributed by atoms with van der Waals surface area (Å²) in [6.07, 6.45) is 1.80.